The maximum Gasteiger partial charge on any atom is 0.217 e. The lowest BCUT2D eigenvalue weighted by Crippen LogP contribution is -2.22. The molecule has 19 heavy (non-hydrogen) atoms. The average molecular weight is 267 g/mol. The Morgan fingerprint density at radius 1 is 1.21 bits per heavy atom. The first-order chi connectivity index (χ1) is 9.15. The van der Waals surface area contributed by atoms with E-state index in [1.54, 1.807) is 0 Å². The van der Waals surface area contributed by atoms with E-state index in [4.69, 9.17) is 5.73 Å². The standard InChI is InChI=1S/C16H29NO2/c1-2-3-4-10-14-13(9-7-12-16(17)19)8-5-6-11-15(14)18/h13-14H,2-12H2,1H3,(H2,17,19). The lowest BCUT2D eigenvalue weighted by atomic mass is 9.80. The number of primary amides is 1. The van der Waals surface area contributed by atoms with Gasteiger partial charge in [-0.1, -0.05) is 32.6 Å². The molecule has 1 aliphatic carbocycles. The van der Waals surface area contributed by atoms with Crippen LogP contribution in [0.25, 0.3) is 0 Å². The van der Waals surface area contributed by atoms with Crippen molar-refractivity contribution in [2.75, 3.05) is 0 Å². The first-order valence-corrected chi connectivity index (χ1v) is 7.96. The third-order valence-electron chi connectivity index (χ3n) is 4.35. The largest absolute Gasteiger partial charge is 0.370 e. The van der Waals surface area contributed by atoms with Gasteiger partial charge in [0.1, 0.15) is 5.78 Å². The quantitative estimate of drug-likeness (QED) is 0.539. The molecule has 1 rings (SSSR count). The Kier molecular flexibility index (Phi) is 7.76. The van der Waals surface area contributed by atoms with Gasteiger partial charge in [-0.25, -0.2) is 0 Å². The van der Waals surface area contributed by atoms with Crippen LogP contribution in [0.3, 0.4) is 0 Å². The zero-order valence-electron chi connectivity index (χ0n) is 12.3. The topological polar surface area (TPSA) is 60.2 Å². The third-order valence-corrected chi connectivity index (χ3v) is 4.35. The fourth-order valence-corrected chi connectivity index (χ4v) is 3.25. The zero-order valence-corrected chi connectivity index (χ0v) is 12.3. The molecule has 0 radical (unpaired) electrons. The van der Waals surface area contributed by atoms with E-state index in [0.717, 1.165) is 44.9 Å². The molecule has 0 saturated heterocycles. The Labute approximate surface area is 117 Å². The highest BCUT2D eigenvalue weighted by molar-refractivity contribution is 5.81. The Hall–Kier alpha value is -0.860. The summed E-state index contributed by atoms with van der Waals surface area (Å²) in [5.41, 5.74) is 5.19. The zero-order chi connectivity index (χ0) is 14.1. The monoisotopic (exact) mass is 267 g/mol. The van der Waals surface area contributed by atoms with Crippen LogP contribution in [-0.4, -0.2) is 11.7 Å². The Morgan fingerprint density at radius 2 is 2.00 bits per heavy atom. The molecule has 0 aromatic rings. The van der Waals surface area contributed by atoms with Crippen molar-refractivity contribution in [2.24, 2.45) is 17.6 Å². The maximum absolute atomic E-state index is 12.2. The number of rotatable bonds is 8. The molecular weight excluding hydrogens is 238 g/mol. The highest BCUT2D eigenvalue weighted by Crippen LogP contribution is 2.33. The number of amides is 1. The van der Waals surface area contributed by atoms with Crippen LogP contribution in [0.1, 0.15) is 77.6 Å². The number of nitrogens with two attached hydrogens (primary N) is 1. The molecule has 1 aliphatic rings. The van der Waals surface area contributed by atoms with E-state index in [2.05, 4.69) is 6.92 Å². The van der Waals surface area contributed by atoms with E-state index in [0.29, 0.717) is 18.1 Å². The molecule has 3 heteroatoms. The van der Waals surface area contributed by atoms with Crippen LogP contribution in [0.2, 0.25) is 0 Å². The lowest BCUT2D eigenvalue weighted by Gasteiger charge is -2.24. The smallest absolute Gasteiger partial charge is 0.217 e. The van der Waals surface area contributed by atoms with Crippen LogP contribution in [-0.2, 0) is 9.59 Å². The minimum absolute atomic E-state index is 0.220. The number of Topliss-reactive ketones (excluding diaryl/α,β-unsaturated/α-hetero) is 1. The number of hydrogen-bond donors (Lipinski definition) is 1. The summed E-state index contributed by atoms with van der Waals surface area (Å²) in [6.07, 6.45) is 11.1. The second-order valence-corrected chi connectivity index (χ2v) is 5.93. The summed E-state index contributed by atoms with van der Waals surface area (Å²) in [6, 6.07) is 0. The van der Waals surface area contributed by atoms with Gasteiger partial charge < -0.3 is 5.73 Å². The Bertz CT molecular complexity index is 288. The summed E-state index contributed by atoms with van der Waals surface area (Å²) < 4.78 is 0. The summed E-state index contributed by atoms with van der Waals surface area (Å²) in [4.78, 5) is 23.0. The molecule has 0 spiro atoms. The van der Waals surface area contributed by atoms with Gasteiger partial charge in [-0.05, 0) is 38.0 Å². The van der Waals surface area contributed by atoms with Crippen LogP contribution in [0.5, 0.6) is 0 Å². The average Bonchev–Trinajstić information content (AvgIpc) is 2.53. The van der Waals surface area contributed by atoms with Gasteiger partial charge in [0.2, 0.25) is 5.91 Å². The van der Waals surface area contributed by atoms with Crippen molar-refractivity contribution in [2.45, 2.75) is 77.6 Å². The predicted molar refractivity (Wildman–Crippen MR) is 77.6 cm³/mol. The van der Waals surface area contributed by atoms with Crippen LogP contribution < -0.4 is 5.73 Å². The van der Waals surface area contributed by atoms with E-state index in [9.17, 15) is 9.59 Å². The number of ketones is 1. The normalized spacial score (nSPS) is 24.2. The first kappa shape index (κ1) is 16.2. The van der Waals surface area contributed by atoms with E-state index in [1.165, 1.54) is 19.3 Å². The predicted octanol–water partition coefficient (Wildman–Crippen LogP) is 3.60. The second kappa shape index (κ2) is 9.11. The van der Waals surface area contributed by atoms with Gasteiger partial charge in [-0.3, -0.25) is 9.59 Å². The molecule has 0 aromatic carbocycles. The van der Waals surface area contributed by atoms with Gasteiger partial charge in [-0.15, -0.1) is 0 Å². The molecule has 1 saturated carbocycles. The van der Waals surface area contributed by atoms with Crippen molar-refractivity contribution in [1.82, 2.24) is 0 Å². The van der Waals surface area contributed by atoms with Crippen molar-refractivity contribution in [3.63, 3.8) is 0 Å². The molecule has 110 valence electrons. The minimum atomic E-state index is -0.220. The van der Waals surface area contributed by atoms with Crippen LogP contribution in [0, 0.1) is 11.8 Å². The molecule has 0 bridgehead atoms. The molecule has 0 aliphatic heterocycles. The molecular formula is C16H29NO2. The Morgan fingerprint density at radius 3 is 2.68 bits per heavy atom. The summed E-state index contributed by atoms with van der Waals surface area (Å²) in [5.74, 6) is 0.994. The summed E-state index contributed by atoms with van der Waals surface area (Å²) in [6.45, 7) is 2.19. The van der Waals surface area contributed by atoms with Gasteiger partial charge in [0, 0.05) is 18.8 Å². The van der Waals surface area contributed by atoms with Gasteiger partial charge in [0.15, 0.2) is 0 Å². The molecule has 1 amide bonds. The molecule has 2 N–H and O–H groups in total. The van der Waals surface area contributed by atoms with Crippen molar-refractivity contribution in [3.8, 4) is 0 Å². The number of carbonyl (C=O) groups excluding carboxylic acids is 2. The lowest BCUT2D eigenvalue weighted by molar-refractivity contribution is -0.124. The summed E-state index contributed by atoms with van der Waals surface area (Å²) >= 11 is 0. The van der Waals surface area contributed by atoms with Crippen molar-refractivity contribution in [1.29, 1.82) is 0 Å². The summed E-state index contributed by atoms with van der Waals surface area (Å²) in [7, 11) is 0. The molecule has 0 heterocycles. The molecule has 2 atom stereocenters. The van der Waals surface area contributed by atoms with E-state index in [1.807, 2.05) is 0 Å². The first-order valence-electron chi connectivity index (χ1n) is 7.96. The Balaban J connectivity index is 2.49. The van der Waals surface area contributed by atoms with Gasteiger partial charge in [0.25, 0.3) is 0 Å². The number of hydrogen-bond acceptors (Lipinski definition) is 2. The maximum atomic E-state index is 12.2. The highest BCUT2D eigenvalue weighted by Gasteiger charge is 2.29. The van der Waals surface area contributed by atoms with Crippen molar-refractivity contribution < 1.29 is 9.59 Å². The molecule has 0 aromatic heterocycles. The molecule has 1 fully saturated rings. The number of unbranched alkanes of at least 4 members (excludes halogenated alkanes) is 2. The van der Waals surface area contributed by atoms with E-state index < -0.39 is 0 Å². The molecule has 3 nitrogen and oxygen atoms in total. The molecule has 2 unspecified atom stereocenters. The van der Waals surface area contributed by atoms with Gasteiger partial charge >= 0.3 is 0 Å². The van der Waals surface area contributed by atoms with Crippen LogP contribution in [0.15, 0.2) is 0 Å². The van der Waals surface area contributed by atoms with Crippen molar-refractivity contribution >= 4 is 11.7 Å². The number of carbonyl (C=O) groups is 2. The van der Waals surface area contributed by atoms with Crippen molar-refractivity contribution in [3.05, 3.63) is 0 Å². The second-order valence-electron chi connectivity index (χ2n) is 5.93. The summed E-state index contributed by atoms with van der Waals surface area (Å²) in [5, 5.41) is 0. The van der Waals surface area contributed by atoms with E-state index in [-0.39, 0.29) is 11.8 Å². The van der Waals surface area contributed by atoms with Gasteiger partial charge in [-0.2, -0.15) is 0 Å². The van der Waals surface area contributed by atoms with Crippen LogP contribution >= 0.6 is 0 Å². The van der Waals surface area contributed by atoms with Crippen LogP contribution in [0.4, 0.5) is 0 Å². The van der Waals surface area contributed by atoms with Gasteiger partial charge in [0.05, 0.1) is 0 Å². The fraction of sp³-hybridized carbons (Fsp3) is 0.875. The fourth-order valence-electron chi connectivity index (χ4n) is 3.25. The van der Waals surface area contributed by atoms with E-state index >= 15 is 0 Å². The SMILES string of the molecule is CCCCCC1C(=O)CCCCC1CCCC(N)=O. The third kappa shape index (κ3) is 6.22. The highest BCUT2D eigenvalue weighted by atomic mass is 16.1. The minimum Gasteiger partial charge on any atom is -0.370 e.